The van der Waals surface area contributed by atoms with Crippen molar-refractivity contribution < 1.29 is 9.72 Å². The summed E-state index contributed by atoms with van der Waals surface area (Å²) in [6.07, 6.45) is 0. The third-order valence-electron chi connectivity index (χ3n) is 1.50. The van der Waals surface area contributed by atoms with Crippen molar-refractivity contribution in [3.8, 4) is 0 Å². The van der Waals surface area contributed by atoms with E-state index in [-0.39, 0.29) is 16.3 Å². The van der Waals surface area contributed by atoms with E-state index in [4.69, 9.17) is 17.3 Å². The molecule has 0 spiro atoms. The third-order valence-corrected chi connectivity index (χ3v) is 2.68. The Morgan fingerprint density at radius 2 is 2.14 bits per heavy atom. The molecule has 0 aromatic heterocycles. The van der Waals surface area contributed by atoms with E-state index in [0.717, 1.165) is 6.07 Å². The number of hydrogen-bond acceptors (Lipinski definition) is 3. The summed E-state index contributed by atoms with van der Waals surface area (Å²) in [7, 11) is 0. The molecule has 0 saturated carbocycles. The van der Waals surface area contributed by atoms with Crippen molar-refractivity contribution in [1.29, 1.82) is 0 Å². The van der Waals surface area contributed by atoms with Gasteiger partial charge in [0.1, 0.15) is 0 Å². The minimum atomic E-state index is -0.783. The molecule has 0 radical (unpaired) electrons. The van der Waals surface area contributed by atoms with Crippen LogP contribution in [-0.4, -0.2) is 10.8 Å². The largest absolute Gasteiger partial charge is 0.366 e. The number of hydrogen-bond donors (Lipinski definition) is 1. The summed E-state index contributed by atoms with van der Waals surface area (Å²) in [5, 5.41) is 10.6. The van der Waals surface area contributed by atoms with Crippen LogP contribution in [0, 0.1) is 13.7 Å². The average molecular weight is 326 g/mol. The van der Waals surface area contributed by atoms with E-state index in [9.17, 15) is 14.9 Å². The summed E-state index contributed by atoms with van der Waals surface area (Å²) in [5.74, 6) is -0.783. The first-order valence-corrected chi connectivity index (χ1v) is 4.82. The van der Waals surface area contributed by atoms with Crippen LogP contribution in [0.4, 0.5) is 5.69 Å². The van der Waals surface area contributed by atoms with Crippen LogP contribution >= 0.6 is 34.2 Å². The van der Waals surface area contributed by atoms with Crippen molar-refractivity contribution in [2.45, 2.75) is 0 Å². The SMILES string of the molecule is NC(=O)c1cc([N+](=O)[O-])c(I)cc1Cl. The first-order chi connectivity index (χ1) is 6.43. The molecule has 7 heteroatoms. The Labute approximate surface area is 97.5 Å². The van der Waals surface area contributed by atoms with Crippen molar-refractivity contribution in [2.75, 3.05) is 0 Å². The highest BCUT2D eigenvalue weighted by Gasteiger charge is 2.17. The molecule has 0 bridgehead atoms. The zero-order valence-corrected chi connectivity index (χ0v) is 9.57. The number of primary amides is 1. The average Bonchev–Trinajstić information content (AvgIpc) is 2.02. The highest BCUT2D eigenvalue weighted by atomic mass is 127. The maximum absolute atomic E-state index is 10.8. The maximum Gasteiger partial charge on any atom is 0.283 e. The van der Waals surface area contributed by atoms with Crippen molar-refractivity contribution in [3.63, 3.8) is 0 Å². The molecule has 0 unspecified atom stereocenters. The van der Waals surface area contributed by atoms with E-state index in [1.165, 1.54) is 6.07 Å². The number of nitrogens with two attached hydrogens (primary N) is 1. The molecule has 14 heavy (non-hydrogen) atoms. The van der Waals surface area contributed by atoms with Crippen LogP contribution in [0.25, 0.3) is 0 Å². The van der Waals surface area contributed by atoms with Crippen LogP contribution in [0.2, 0.25) is 5.02 Å². The van der Waals surface area contributed by atoms with E-state index in [2.05, 4.69) is 0 Å². The van der Waals surface area contributed by atoms with Gasteiger partial charge in [-0.3, -0.25) is 14.9 Å². The first kappa shape index (κ1) is 11.2. The molecule has 5 nitrogen and oxygen atoms in total. The van der Waals surface area contributed by atoms with Crippen molar-refractivity contribution >= 4 is 45.8 Å². The van der Waals surface area contributed by atoms with Crippen molar-refractivity contribution in [1.82, 2.24) is 0 Å². The maximum atomic E-state index is 10.8. The molecular formula is C7H4ClIN2O3. The van der Waals surface area contributed by atoms with Gasteiger partial charge >= 0.3 is 0 Å². The zero-order chi connectivity index (χ0) is 10.9. The number of nitrogens with zero attached hydrogens (tertiary/aromatic N) is 1. The minimum Gasteiger partial charge on any atom is -0.366 e. The molecule has 0 atom stereocenters. The lowest BCUT2D eigenvalue weighted by Crippen LogP contribution is -2.12. The predicted molar refractivity (Wildman–Crippen MR) is 59.3 cm³/mol. The van der Waals surface area contributed by atoms with Crippen LogP contribution in [-0.2, 0) is 0 Å². The highest BCUT2D eigenvalue weighted by Crippen LogP contribution is 2.27. The Bertz CT molecular complexity index is 386. The fraction of sp³-hybridized carbons (Fsp3) is 0. The van der Waals surface area contributed by atoms with E-state index >= 15 is 0 Å². The van der Waals surface area contributed by atoms with Crippen LogP contribution < -0.4 is 5.73 Å². The summed E-state index contributed by atoms with van der Waals surface area (Å²) in [4.78, 5) is 20.7. The number of halogens is 2. The minimum absolute atomic E-state index is 0.0428. The Balaban J connectivity index is 3.42. The number of carbonyl (C=O) groups is 1. The highest BCUT2D eigenvalue weighted by molar-refractivity contribution is 14.1. The molecule has 0 saturated heterocycles. The van der Waals surface area contributed by atoms with Crippen molar-refractivity contribution in [2.24, 2.45) is 5.73 Å². The number of nitro groups is 1. The van der Waals surface area contributed by atoms with Gasteiger partial charge in [-0.1, -0.05) is 11.6 Å². The lowest BCUT2D eigenvalue weighted by molar-refractivity contribution is -0.385. The lowest BCUT2D eigenvalue weighted by atomic mass is 10.2. The molecule has 1 rings (SSSR count). The van der Waals surface area contributed by atoms with Crippen LogP contribution in [0.3, 0.4) is 0 Å². The van der Waals surface area contributed by atoms with Gasteiger partial charge in [0.05, 0.1) is 19.1 Å². The second-order valence-corrected chi connectivity index (χ2v) is 3.97. The molecule has 0 fully saturated rings. The molecule has 0 aliphatic heterocycles. The van der Waals surface area contributed by atoms with Gasteiger partial charge in [0.2, 0.25) is 5.91 Å². The van der Waals surface area contributed by atoms with Gasteiger partial charge in [-0.05, 0) is 28.7 Å². The lowest BCUT2D eigenvalue weighted by Gasteiger charge is -2.01. The Morgan fingerprint density at radius 3 is 2.57 bits per heavy atom. The molecule has 0 aliphatic carbocycles. The molecule has 2 N–H and O–H groups in total. The molecule has 1 amide bonds. The van der Waals surface area contributed by atoms with Crippen LogP contribution in [0.15, 0.2) is 12.1 Å². The van der Waals surface area contributed by atoms with Crippen molar-refractivity contribution in [3.05, 3.63) is 36.4 Å². The zero-order valence-electron chi connectivity index (χ0n) is 6.66. The van der Waals surface area contributed by atoms with Gasteiger partial charge < -0.3 is 5.73 Å². The monoisotopic (exact) mass is 326 g/mol. The smallest absolute Gasteiger partial charge is 0.283 e. The summed E-state index contributed by atoms with van der Waals surface area (Å²) in [6, 6.07) is 2.41. The molecule has 1 aromatic rings. The molecule has 1 aromatic carbocycles. The van der Waals surface area contributed by atoms with Gasteiger partial charge in [-0.2, -0.15) is 0 Å². The number of benzene rings is 1. The third kappa shape index (κ3) is 2.13. The fourth-order valence-corrected chi connectivity index (χ4v) is 1.97. The number of amides is 1. The summed E-state index contributed by atoms with van der Waals surface area (Å²) < 4.78 is 0.364. The molecule has 74 valence electrons. The number of carbonyl (C=O) groups excluding carboxylic acids is 1. The first-order valence-electron chi connectivity index (χ1n) is 3.36. The Kier molecular flexibility index (Phi) is 3.27. The van der Waals surface area contributed by atoms with E-state index in [1.54, 1.807) is 22.6 Å². The summed E-state index contributed by atoms with van der Waals surface area (Å²) in [6.45, 7) is 0. The van der Waals surface area contributed by atoms with E-state index in [0.29, 0.717) is 3.57 Å². The van der Waals surface area contributed by atoms with Gasteiger partial charge in [0.25, 0.3) is 5.69 Å². The fourth-order valence-electron chi connectivity index (χ4n) is 0.866. The molecular weight excluding hydrogens is 322 g/mol. The Hall–Kier alpha value is -0.890. The number of nitro benzene ring substituents is 1. The molecule has 0 heterocycles. The van der Waals surface area contributed by atoms with Gasteiger partial charge in [0, 0.05) is 6.07 Å². The van der Waals surface area contributed by atoms with E-state index in [1.807, 2.05) is 0 Å². The Morgan fingerprint density at radius 1 is 1.57 bits per heavy atom. The second kappa shape index (κ2) is 4.09. The van der Waals surface area contributed by atoms with Gasteiger partial charge in [-0.25, -0.2) is 0 Å². The summed E-state index contributed by atoms with van der Waals surface area (Å²) >= 11 is 7.44. The quantitative estimate of drug-likeness (QED) is 0.512. The normalized spacial score (nSPS) is 9.86. The van der Waals surface area contributed by atoms with Gasteiger partial charge in [-0.15, -0.1) is 0 Å². The van der Waals surface area contributed by atoms with Crippen LogP contribution in [0.1, 0.15) is 10.4 Å². The van der Waals surface area contributed by atoms with Gasteiger partial charge in [0.15, 0.2) is 0 Å². The molecule has 0 aliphatic rings. The number of rotatable bonds is 2. The second-order valence-electron chi connectivity index (χ2n) is 2.40. The standard InChI is InChI=1S/C7H4ClIN2O3/c8-4-2-5(9)6(11(13)14)1-3(4)7(10)12/h1-2H,(H2,10,12). The summed E-state index contributed by atoms with van der Waals surface area (Å²) in [5.41, 5.74) is 4.77. The predicted octanol–water partition coefficient (Wildman–Crippen LogP) is 1.95. The van der Waals surface area contributed by atoms with E-state index < -0.39 is 10.8 Å². The topological polar surface area (TPSA) is 86.2 Å². The van der Waals surface area contributed by atoms with Crippen LogP contribution in [0.5, 0.6) is 0 Å².